The van der Waals surface area contributed by atoms with Gasteiger partial charge in [-0.05, 0) is 44.0 Å². The molecule has 2 amide bonds. The van der Waals surface area contributed by atoms with Crippen LogP contribution in [0.1, 0.15) is 47.7 Å². The molecule has 1 aromatic carbocycles. The Kier molecular flexibility index (Phi) is 8.46. The van der Waals surface area contributed by atoms with Gasteiger partial charge in [-0.1, -0.05) is 6.07 Å². The van der Waals surface area contributed by atoms with Gasteiger partial charge >= 0.3 is 6.18 Å². The largest absolute Gasteiger partial charge is 0.418 e. The van der Waals surface area contributed by atoms with Crippen molar-refractivity contribution in [2.45, 2.75) is 56.1 Å². The third-order valence-electron chi connectivity index (χ3n) is 6.05. The van der Waals surface area contributed by atoms with Gasteiger partial charge in [0.15, 0.2) is 0 Å². The normalized spacial score (nSPS) is 18.2. The van der Waals surface area contributed by atoms with E-state index in [9.17, 15) is 35.8 Å². The minimum Gasteiger partial charge on any atom is -0.356 e. The second kappa shape index (κ2) is 10.9. The van der Waals surface area contributed by atoms with Crippen LogP contribution in [-0.2, 0) is 20.7 Å². The third kappa shape index (κ3) is 6.84. The summed E-state index contributed by atoms with van der Waals surface area (Å²) in [6, 6.07) is 4.55. The highest BCUT2D eigenvalue weighted by Gasteiger charge is 2.38. The zero-order chi connectivity index (χ0) is 28.5. The van der Waals surface area contributed by atoms with Crippen molar-refractivity contribution >= 4 is 33.0 Å². The van der Waals surface area contributed by atoms with Crippen molar-refractivity contribution < 1.29 is 35.8 Å². The first-order valence-corrected chi connectivity index (χ1v) is 13.6. The predicted octanol–water partition coefficient (Wildman–Crippen LogP) is 4.62. The van der Waals surface area contributed by atoms with Gasteiger partial charge in [0.2, 0.25) is 5.92 Å². The minimum atomic E-state index is -4.81. The Hall–Kier alpha value is -3.13. The average molecular weight is 562 g/mol. The molecule has 38 heavy (non-hydrogen) atoms. The van der Waals surface area contributed by atoms with E-state index in [1.54, 1.807) is 0 Å². The van der Waals surface area contributed by atoms with Gasteiger partial charge in [-0.15, -0.1) is 0 Å². The van der Waals surface area contributed by atoms with Gasteiger partial charge in [0, 0.05) is 49.0 Å². The molecule has 0 unspecified atom stereocenters. The molecule has 3 N–H and O–H groups in total. The second-order valence-electron chi connectivity index (χ2n) is 9.19. The molecule has 1 aliphatic rings. The van der Waals surface area contributed by atoms with Crippen molar-refractivity contribution in [3.63, 3.8) is 0 Å². The predicted molar refractivity (Wildman–Crippen MR) is 133 cm³/mol. The summed E-state index contributed by atoms with van der Waals surface area (Å²) in [6.07, 6.45) is -3.86. The Labute approximate surface area is 217 Å². The fourth-order valence-electron chi connectivity index (χ4n) is 3.97. The van der Waals surface area contributed by atoms with E-state index in [1.165, 1.54) is 42.3 Å². The third-order valence-corrected chi connectivity index (χ3v) is 7.71. The number of hydrogen-bond acceptors (Lipinski definition) is 6. The van der Waals surface area contributed by atoms with Crippen LogP contribution in [0.15, 0.2) is 39.7 Å². The highest BCUT2D eigenvalue weighted by atomic mass is 32.2. The van der Waals surface area contributed by atoms with Crippen LogP contribution in [0.5, 0.6) is 0 Å². The number of nitrogens with one attached hydrogen (secondary N) is 1. The molecular weight excluding hydrogens is 533 g/mol. The molecule has 1 aromatic heterocycles. The van der Waals surface area contributed by atoms with Crippen LogP contribution in [0.25, 0.3) is 0 Å². The van der Waals surface area contributed by atoms with Crippen LogP contribution >= 0.6 is 0 Å². The summed E-state index contributed by atoms with van der Waals surface area (Å²) in [4.78, 5) is 30.6. The Bertz CT molecular complexity index is 1350. The van der Waals surface area contributed by atoms with Crippen molar-refractivity contribution in [2.24, 2.45) is 10.1 Å². The number of anilines is 2. The number of halogens is 5. The van der Waals surface area contributed by atoms with Gasteiger partial charge in [0.25, 0.3) is 11.8 Å². The van der Waals surface area contributed by atoms with Gasteiger partial charge in [-0.25, -0.2) is 18.0 Å². The quantitative estimate of drug-likeness (QED) is 0.515. The number of nitrogens with zero attached hydrogens (tertiary/aromatic N) is 3. The van der Waals surface area contributed by atoms with Gasteiger partial charge in [-0.2, -0.15) is 17.5 Å². The summed E-state index contributed by atoms with van der Waals surface area (Å²) in [5, 5.41) is 2.48. The number of nitrogens with two attached hydrogens (primary N) is 1. The SMILES string of the molecule is Cc1c(C(F)(F)F)cnc(N2CCCC(F)(F)CC2)c1C(=O)Nc1cccc([S@@](C)(=O)=NC(=O)[C@@H](C)N)c1. The number of rotatable bonds is 5. The van der Waals surface area contributed by atoms with E-state index in [0.29, 0.717) is 6.20 Å². The molecule has 208 valence electrons. The van der Waals surface area contributed by atoms with Crippen molar-refractivity contribution in [3.05, 3.63) is 47.2 Å². The summed E-state index contributed by atoms with van der Waals surface area (Å²) in [5.74, 6) is -4.82. The number of hydrogen-bond donors (Lipinski definition) is 2. The lowest BCUT2D eigenvalue weighted by Crippen LogP contribution is -2.30. The maximum atomic E-state index is 13.9. The summed E-state index contributed by atoms with van der Waals surface area (Å²) in [6.45, 7) is 2.37. The number of pyridine rings is 1. The standard InChI is InChI=1S/C24H28F5N5O3S/c1-14-18(24(27,28)29)13-31-20(34-10-5-8-23(25,26)9-11-34)19(14)22(36)32-16-6-4-7-17(12-16)38(3,37)33-21(35)15(2)30/h4,6-7,12-13,15H,5,8-11,30H2,1-3H3,(H,32,36)/t15-,38-/m1/s1. The highest BCUT2D eigenvalue weighted by Crippen LogP contribution is 2.37. The smallest absolute Gasteiger partial charge is 0.356 e. The Morgan fingerprint density at radius 3 is 2.55 bits per heavy atom. The molecule has 0 spiro atoms. The number of amides is 2. The van der Waals surface area contributed by atoms with E-state index in [4.69, 9.17) is 5.73 Å². The maximum absolute atomic E-state index is 13.9. The highest BCUT2D eigenvalue weighted by molar-refractivity contribution is 7.93. The topological polar surface area (TPSA) is 118 Å². The van der Waals surface area contributed by atoms with Crippen LogP contribution in [-0.4, -0.2) is 52.3 Å². The van der Waals surface area contributed by atoms with E-state index in [0.717, 1.165) is 6.92 Å². The number of carbonyl (C=O) groups excluding carboxylic acids is 2. The van der Waals surface area contributed by atoms with Gasteiger partial charge in [-0.3, -0.25) is 9.59 Å². The number of alkyl halides is 5. The lowest BCUT2D eigenvalue weighted by molar-refractivity contribution is -0.138. The fourth-order valence-corrected chi connectivity index (χ4v) is 5.26. The summed E-state index contributed by atoms with van der Waals surface area (Å²) >= 11 is 0. The first-order chi connectivity index (χ1) is 17.5. The minimum absolute atomic E-state index is 0.0619. The van der Waals surface area contributed by atoms with Crippen molar-refractivity contribution in [1.29, 1.82) is 0 Å². The van der Waals surface area contributed by atoms with Crippen molar-refractivity contribution in [1.82, 2.24) is 4.98 Å². The average Bonchev–Trinajstić information content (AvgIpc) is 2.98. The molecule has 2 heterocycles. The van der Waals surface area contributed by atoms with Crippen molar-refractivity contribution in [3.8, 4) is 0 Å². The molecule has 0 aliphatic carbocycles. The van der Waals surface area contributed by atoms with Gasteiger partial charge < -0.3 is 16.0 Å². The molecule has 2 atom stereocenters. The zero-order valence-electron chi connectivity index (χ0n) is 20.9. The number of benzene rings is 1. The molecule has 1 aliphatic heterocycles. The molecule has 2 aromatic rings. The zero-order valence-corrected chi connectivity index (χ0v) is 21.8. The van der Waals surface area contributed by atoms with Crippen LogP contribution in [0.4, 0.5) is 33.5 Å². The number of aromatic nitrogens is 1. The van der Waals surface area contributed by atoms with E-state index in [1.807, 2.05) is 0 Å². The first-order valence-electron chi connectivity index (χ1n) is 11.6. The fraction of sp³-hybridized carbons (Fsp3) is 0.458. The second-order valence-corrected chi connectivity index (χ2v) is 11.5. The summed E-state index contributed by atoms with van der Waals surface area (Å²) in [5.41, 5.74) is 3.59. The van der Waals surface area contributed by atoms with Crippen LogP contribution in [0.2, 0.25) is 0 Å². The monoisotopic (exact) mass is 561 g/mol. The molecule has 1 saturated heterocycles. The summed E-state index contributed by atoms with van der Waals surface area (Å²) < 4.78 is 85.4. The maximum Gasteiger partial charge on any atom is 0.418 e. The Balaban J connectivity index is 2.03. The summed E-state index contributed by atoms with van der Waals surface area (Å²) in [7, 11) is -3.25. The van der Waals surface area contributed by atoms with Crippen LogP contribution in [0.3, 0.4) is 0 Å². The molecule has 1 fully saturated rings. The molecule has 3 rings (SSSR count). The molecule has 14 heteroatoms. The van der Waals surface area contributed by atoms with E-state index >= 15 is 0 Å². The van der Waals surface area contributed by atoms with E-state index in [2.05, 4.69) is 14.7 Å². The van der Waals surface area contributed by atoms with Gasteiger partial charge in [0.05, 0.1) is 26.9 Å². The number of carbonyl (C=O) groups is 2. The van der Waals surface area contributed by atoms with Crippen LogP contribution in [0, 0.1) is 6.92 Å². The van der Waals surface area contributed by atoms with E-state index in [-0.39, 0.29) is 42.3 Å². The Morgan fingerprint density at radius 1 is 1.24 bits per heavy atom. The molecule has 0 bridgehead atoms. The van der Waals surface area contributed by atoms with Gasteiger partial charge in [0.1, 0.15) is 5.82 Å². The lowest BCUT2D eigenvalue weighted by Gasteiger charge is -2.26. The lowest BCUT2D eigenvalue weighted by atomic mass is 10.0. The first kappa shape index (κ1) is 29.4. The molecule has 0 radical (unpaired) electrons. The molecule has 8 nitrogen and oxygen atoms in total. The molecular formula is C24H28F5N5O3S. The van der Waals surface area contributed by atoms with E-state index < -0.39 is 62.8 Å². The Morgan fingerprint density at radius 2 is 1.92 bits per heavy atom. The molecule has 0 saturated carbocycles. The van der Waals surface area contributed by atoms with Crippen LogP contribution < -0.4 is 16.0 Å². The van der Waals surface area contributed by atoms with Crippen molar-refractivity contribution in [2.75, 3.05) is 29.6 Å².